The van der Waals surface area contributed by atoms with Crippen molar-refractivity contribution in [2.45, 2.75) is 38.8 Å². The van der Waals surface area contributed by atoms with Crippen molar-refractivity contribution in [1.29, 1.82) is 0 Å². The van der Waals surface area contributed by atoms with Gasteiger partial charge in [-0.1, -0.05) is 6.92 Å². The third-order valence-corrected chi connectivity index (χ3v) is 2.30. The first-order valence-corrected chi connectivity index (χ1v) is 6.02. The van der Waals surface area contributed by atoms with Crippen LogP contribution in [0.1, 0.15) is 26.7 Å². The van der Waals surface area contributed by atoms with Gasteiger partial charge >= 0.3 is 6.09 Å². The number of aliphatic hydroxyl groups is 2. The SMILES string of the molecule is CCNC(=O)CC(CC)NC(=O)OC(CO)CO. The van der Waals surface area contributed by atoms with E-state index in [1.54, 1.807) is 0 Å². The molecule has 0 fully saturated rings. The first-order chi connectivity index (χ1) is 8.57. The Kier molecular flexibility index (Phi) is 8.95. The summed E-state index contributed by atoms with van der Waals surface area (Å²) in [7, 11) is 0. The zero-order chi connectivity index (χ0) is 14.0. The minimum Gasteiger partial charge on any atom is -0.441 e. The number of nitrogens with one attached hydrogen (secondary N) is 2. The van der Waals surface area contributed by atoms with Crippen molar-refractivity contribution in [3.63, 3.8) is 0 Å². The summed E-state index contributed by atoms with van der Waals surface area (Å²) < 4.78 is 4.74. The molecular weight excluding hydrogens is 240 g/mol. The van der Waals surface area contributed by atoms with Crippen molar-refractivity contribution in [3.8, 4) is 0 Å². The van der Waals surface area contributed by atoms with Gasteiger partial charge in [-0.25, -0.2) is 4.79 Å². The number of rotatable bonds is 8. The zero-order valence-electron chi connectivity index (χ0n) is 10.8. The second-order valence-electron chi connectivity index (χ2n) is 3.80. The van der Waals surface area contributed by atoms with Crippen LogP contribution in [0.5, 0.6) is 0 Å². The molecule has 0 aromatic heterocycles. The number of ether oxygens (including phenoxy) is 1. The van der Waals surface area contributed by atoms with Crippen molar-refractivity contribution < 1.29 is 24.5 Å². The van der Waals surface area contributed by atoms with Crippen LogP contribution in [0.2, 0.25) is 0 Å². The smallest absolute Gasteiger partial charge is 0.407 e. The van der Waals surface area contributed by atoms with Crippen LogP contribution in [0, 0.1) is 0 Å². The molecule has 0 aliphatic carbocycles. The van der Waals surface area contributed by atoms with Gasteiger partial charge in [-0.05, 0) is 13.3 Å². The molecule has 7 nitrogen and oxygen atoms in total. The molecule has 0 saturated heterocycles. The number of aliphatic hydroxyl groups excluding tert-OH is 2. The molecule has 0 spiro atoms. The Hall–Kier alpha value is -1.34. The highest BCUT2D eigenvalue weighted by Gasteiger charge is 2.17. The molecule has 0 heterocycles. The number of carbonyl (C=O) groups is 2. The minimum atomic E-state index is -0.938. The molecule has 0 rings (SSSR count). The molecule has 0 saturated carbocycles. The van der Waals surface area contributed by atoms with E-state index in [0.29, 0.717) is 13.0 Å². The fraction of sp³-hybridized carbons (Fsp3) is 0.818. The predicted octanol–water partition coefficient (Wildman–Crippen LogP) is -0.629. The molecule has 2 amide bonds. The minimum absolute atomic E-state index is 0.148. The first-order valence-electron chi connectivity index (χ1n) is 6.02. The van der Waals surface area contributed by atoms with E-state index in [9.17, 15) is 9.59 Å². The maximum atomic E-state index is 11.4. The maximum absolute atomic E-state index is 11.4. The second-order valence-corrected chi connectivity index (χ2v) is 3.80. The van der Waals surface area contributed by atoms with Gasteiger partial charge in [0, 0.05) is 19.0 Å². The van der Waals surface area contributed by atoms with Crippen LogP contribution >= 0.6 is 0 Å². The molecule has 0 aromatic carbocycles. The monoisotopic (exact) mass is 262 g/mol. The molecule has 18 heavy (non-hydrogen) atoms. The van der Waals surface area contributed by atoms with Gasteiger partial charge in [0.15, 0.2) is 0 Å². The molecule has 0 radical (unpaired) electrons. The van der Waals surface area contributed by atoms with Gasteiger partial charge in [-0.2, -0.15) is 0 Å². The lowest BCUT2D eigenvalue weighted by Crippen LogP contribution is -2.41. The Labute approximate surface area is 107 Å². The van der Waals surface area contributed by atoms with E-state index < -0.39 is 25.4 Å². The van der Waals surface area contributed by atoms with E-state index in [2.05, 4.69) is 10.6 Å². The molecule has 0 aliphatic heterocycles. The molecule has 1 atom stereocenters. The Morgan fingerprint density at radius 2 is 1.83 bits per heavy atom. The molecule has 7 heteroatoms. The van der Waals surface area contributed by atoms with Crippen molar-refractivity contribution in [2.75, 3.05) is 19.8 Å². The van der Waals surface area contributed by atoms with Gasteiger partial charge in [0.25, 0.3) is 0 Å². The Balaban J connectivity index is 4.11. The Morgan fingerprint density at radius 1 is 1.22 bits per heavy atom. The lowest BCUT2D eigenvalue weighted by atomic mass is 10.1. The summed E-state index contributed by atoms with van der Waals surface area (Å²) in [6.45, 7) is 3.29. The average Bonchev–Trinajstić information content (AvgIpc) is 2.35. The molecule has 0 aromatic rings. The quantitative estimate of drug-likeness (QED) is 0.466. The van der Waals surface area contributed by atoms with Crippen LogP contribution in [0.15, 0.2) is 0 Å². The zero-order valence-corrected chi connectivity index (χ0v) is 10.8. The highest BCUT2D eigenvalue weighted by Crippen LogP contribution is 2.00. The van der Waals surface area contributed by atoms with Gasteiger partial charge in [0.2, 0.25) is 5.91 Å². The van der Waals surface area contributed by atoms with Crippen molar-refractivity contribution in [3.05, 3.63) is 0 Å². The maximum Gasteiger partial charge on any atom is 0.407 e. The van der Waals surface area contributed by atoms with Crippen LogP contribution < -0.4 is 10.6 Å². The normalized spacial score (nSPS) is 12.1. The highest BCUT2D eigenvalue weighted by molar-refractivity contribution is 5.77. The Morgan fingerprint density at radius 3 is 2.28 bits per heavy atom. The Bertz CT molecular complexity index is 256. The number of alkyl carbamates (subject to hydrolysis) is 1. The fourth-order valence-corrected chi connectivity index (χ4v) is 1.27. The predicted molar refractivity (Wildman–Crippen MR) is 65.0 cm³/mol. The van der Waals surface area contributed by atoms with Crippen LogP contribution in [-0.4, -0.2) is 54.1 Å². The van der Waals surface area contributed by atoms with Gasteiger partial charge in [-0.15, -0.1) is 0 Å². The highest BCUT2D eigenvalue weighted by atomic mass is 16.6. The average molecular weight is 262 g/mol. The topological polar surface area (TPSA) is 108 Å². The molecule has 106 valence electrons. The second kappa shape index (κ2) is 9.67. The van der Waals surface area contributed by atoms with Crippen LogP contribution in [0.25, 0.3) is 0 Å². The summed E-state index contributed by atoms with van der Waals surface area (Å²) >= 11 is 0. The molecule has 4 N–H and O–H groups in total. The van der Waals surface area contributed by atoms with Crippen molar-refractivity contribution in [2.24, 2.45) is 0 Å². The van der Waals surface area contributed by atoms with Gasteiger partial charge in [-0.3, -0.25) is 4.79 Å². The lowest BCUT2D eigenvalue weighted by Gasteiger charge is -2.18. The third kappa shape index (κ3) is 7.08. The van der Waals surface area contributed by atoms with E-state index in [1.165, 1.54) is 0 Å². The van der Waals surface area contributed by atoms with Crippen molar-refractivity contribution >= 4 is 12.0 Å². The summed E-state index contributed by atoms with van der Waals surface area (Å²) in [6, 6.07) is -0.331. The van der Waals surface area contributed by atoms with E-state index in [-0.39, 0.29) is 18.4 Å². The van der Waals surface area contributed by atoms with Gasteiger partial charge in [0.05, 0.1) is 13.2 Å². The van der Waals surface area contributed by atoms with Crippen LogP contribution in [-0.2, 0) is 9.53 Å². The van der Waals surface area contributed by atoms with Crippen LogP contribution in [0.3, 0.4) is 0 Å². The fourth-order valence-electron chi connectivity index (χ4n) is 1.27. The van der Waals surface area contributed by atoms with E-state index in [1.807, 2.05) is 13.8 Å². The summed E-state index contributed by atoms with van der Waals surface area (Å²) in [5.41, 5.74) is 0. The standard InChI is InChI=1S/C11H22N2O5/c1-3-8(5-10(16)12-4-2)13-11(17)18-9(6-14)7-15/h8-9,14-15H,3-7H2,1-2H3,(H,12,16)(H,13,17). The lowest BCUT2D eigenvalue weighted by molar-refractivity contribution is -0.121. The summed E-state index contributed by atoms with van der Waals surface area (Å²) in [6.07, 6.45) is -0.941. The summed E-state index contributed by atoms with van der Waals surface area (Å²) in [5, 5.41) is 22.7. The molecular formula is C11H22N2O5. The third-order valence-electron chi connectivity index (χ3n) is 2.30. The molecule has 0 bridgehead atoms. The van der Waals surface area contributed by atoms with Gasteiger partial charge < -0.3 is 25.6 Å². The van der Waals surface area contributed by atoms with Crippen LogP contribution in [0.4, 0.5) is 4.79 Å². The molecule has 0 aliphatic rings. The van der Waals surface area contributed by atoms with Gasteiger partial charge in [0.1, 0.15) is 6.10 Å². The van der Waals surface area contributed by atoms with E-state index in [4.69, 9.17) is 14.9 Å². The molecule has 1 unspecified atom stereocenters. The summed E-state index contributed by atoms with van der Waals surface area (Å²) in [5.74, 6) is -0.148. The number of hydrogen-bond acceptors (Lipinski definition) is 5. The number of amides is 2. The van der Waals surface area contributed by atoms with E-state index in [0.717, 1.165) is 0 Å². The van der Waals surface area contributed by atoms with Crippen molar-refractivity contribution in [1.82, 2.24) is 10.6 Å². The summed E-state index contributed by atoms with van der Waals surface area (Å²) in [4.78, 5) is 22.7. The number of carbonyl (C=O) groups excluding carboxylic acids is 2. The first kappa shape index (κ1) is 16.7. The number of hydrogen-bond donors (Lipinski definition) is 4. The van der Waals surface area contributed by atoms with E-state index >= 15 is 0 Å². The largest absolute Gasteiger partial charge is 0.441 e.